The summed E-state index contributed by atoms with van der Waals surface area (Å²) in [6.45, 7) is 7.24. The second-order valence-electron chi connectivity index (χ2n) is 4.13. The van der Waals surface area contributed by atoms with E-state index in [1.165, 1.54) is 5.57 Å². The van der Waals surface area contributed by atoms with Crippen molar-refractivity contribution in [2.75, 3.05) is 0 Å². The molecule has 0 radical (unpaired) electrons. The molecule has 1 aromatic rings. The molecule has 15 heavy (non-hydrogen) atoms. The molecule has 0 aliphatic heterocycles. The van der Waals surface area contributed by atoms with E-state index in [9.17, 15) is 0 Å². The maximum Gasteiger partial charge on any atom is 0.124 e. The van der Waals surface area contributed by atoms with Gasteiger partial charge in [-0.25, -0.2) is 0 Å². The van der Waals surface area contributed by atoms with Gasteiger partial charge in [0.25, 0.3) is 0 Å². The molecule has 1 rings (SSSR count). The molecule has 1 atom stereocenters. The fourth-order valence-electron chi connectivity index (χ4n) is 1.33. The summed E-state index contributed by atoms with van der Waals surface area (Å²) in [4.78, 5) is 0. The van der Waals surface area contributed by atoms with Gasteiger partial charge in [-0.2, -0.15) is 0 Å². The highest BCUT2D eigenvalue weighted by Gasteiger charge is 2.01. The molecule has 1 heterocycles. The summed E-state index contributed by atoms with van der Waals surface area (Å²) in [6.07, 6.45) is 6.16. The molecule has 3 nitrogen and oxygen atoms in total. The highest BCUT2D eigenvalue weighted by molar-refractivity contribution is 4.95. The van der Waals surface area contributed by atoms with Gasteiger partial charge in [0, 0.05) is 18.7 Å². The highest BCUT2D eigenvalue weighted by Crippen LogP contribution is 2.02. The second kappa shape index (κ2) is 6.40. The van der Waals surface area contributed by atoms with Gasteiger partial charge in [0.1, 0.15) is 6.26 Å². The molecule has 0 aromatic carbocycles. The van der Waals surface area contributed by atoms with Crippen LogP contribution in [0.2, 0.25) is 0 Å². The normalized spacial score (nSPS) is 12.5. The number of allylic oxidation sites excluding steroid dienone is 2. The van der Waals surface area contributed by atoms with Crippen molar-refractivity contribution in [3.63, 3.8) is 0 Å². The Morgan fingerprint density at radius 3 is 3.00 bits per heavy atom. The summed E-state index contributed by atoms with van der Waals surface area (Å²) in [7, 11) is 0. The SMILES string of the molecule is CC(C)=CCCC(C)NCc1ccon1. The minimum atomic E-state index is 0.511. The number of hydrogen-bond acceptors (Lipinski definition) is 3. The molecule has 0 amide bonds. The Morgan fingerprint density at radius 2 is 2.40 bits per heavy atom. The van der Waals surface area contributed by atoms with E-state index >= 15 is 0 Å². The van der Waals surface area contributed by atoms with Gasteiger partial charge in [-0.1, -0.05) is 16.8 Å². The van der Waals surface area contributed by atoms with Crippen LogP contribution in [0.5, 0.6) is 0 Å². The number of nitrogens with one attached hydrogen (secondary N) is 1. The Hall–Kier alpha value is -1.09. The van der Waals surface area contributed by atoms with Crippen LogP contribution in [0.1, 0.15) is 39.3 Å². The lowest BCUT2D eigenvalue weighted by atomic mass is 10.1. The average molecular weight is 208 g/mol. The lowest BCUT2D eigenvalue weighted by Gasteiger charge is -2.11. The quantitative estimate of drug-likeness (QED) is 0.730. The first kappa shape index (κ1) is 12.0. The number of hydrogen-bond donors (Lipinski definition) is 1. The van der Waals surface area contributed by atoms with E-state index in [4.69, 9.17) is 4.52 Å². The fraction of sp³-hybridized carbons (Fsp3) is 0.583. The minimum Gasteiger partial charge on any atom is -0.364 e. The van der Waals surface area contributed by atoms with E-state index in [1.54, 1.807) is 6.26 Å². The van der Waals surface area contributed by atoms with Gasteiger partial charge in [-0.3, -0.25) is 0 Å². The van der Waals surface area contributed by atoms with Crippen LogP contribution in [0.15, 0.2) is 28.5 Å². The van der Waals surface area contributed by atoms with E-state index in [2.05, 4.69) is 37.3 Å². The van der Waals surface area contributed by atoms with Crippen molar-refractivity contribution in [1.29, 1.82) is 0 Å². The summed E-state index contributed by atoms with van der Waals surface area (Å²) < 4.78 is 4.76. The number of nitrogens with zero attached hydrogens (tertiary/aromatic N) is 1. The van der Waals surface area contributed by atoms with E-state index in [0.717, 1.165) is 25.1 Å². The lowest BCUT2D eigenvalue weighted by molar-refractivity contribution is 0.404. The first-order valence-electron chi connectivity index (χ1n) is 5.44. The zero-order chi connectivity index (χ0) is 11.1. The largest absolute Gasteiger partial charge is 0.364 e. The Balaban J connectivity index is 2.14. The van der Waals surface area contributed by atoms with E-state index in [1.807, 2.05) is 6.07 Å². The van der Waals surface area contributed by atoms with Gasteiger partial charge in [-0.15, -0.1) is 0 Å². The molecule has 84 valence electrons. The third-order valence-electron chi connectivity index (χ3n) is 2.28. The molecule has 0 saturated heterocycles. The van der Waals surface area contributed by atoms with Crippen molar-refractivity contribution >= 4 is 0 Å². The van der Waals surface area contributed by atoms with Crippen molar-refractivity contribution < 1.29 is 4.52 Å². The third-order valence-corrected chi connectivity index (χ3v) is 2.28. The van der Waals surface area contributed by atoms with Gasteiger partial charge in [0.2, 0.25) is 0 Å². The van der Waals surface area contributed by atoms with Crippen LogP contribution >= 0.6 is 0 Å². The maximum absolute atomic E-state index is 4.76. The van der Waals surface area contributed by atoms with Gasteiger partial charge < -0.3 is 9.84 Å². The molecule has 1 unspecified atom stereocenters. The summed E-state index contributed by atoms with van der Waals surface area (Å²) in [6, 6.07) is 2.40. The Morgan fingerprint density at radius 1 is 1.60 bits per heavy atom. The van der Waals surface area contributed by atoms with Crippen molar-refractivity contribution in [2.45, 2.75) is 46.2 Å². The predicted octanol–water partition coefficient (Wildman–Crippen LogP) is 2.90. The maximum atomic E-state index is 4.76. The van der Waals surface area contributed by atoms with Crippen molar-refractivity contribution in [1.82, 2.24) is 10.5 Å². The van der Waals surface area contributed by atoms with Gasteiger partial charge in [0.05, 0.1) is 5.69 Å². The molecule has 0 saturated carbocycles. The second-order valence-corrected chi connectivity index (χ2v) is 4.13. The summed E-state index contributed by atoms with van der Waals surface area (Å²) >= 11 is 0. The number of rotatable bonds is 6. The van der Waals surface area contributed by atoms with Crippen molar-refractivity contribution in [3.8, 4) is 0 Å². The first-order valence-corrected chi connectivity index (χ1v) is 5.44. The van der Waals surface area contributed by atoms with Crippen LogP contribution in [0.25, 0.3) is 0 Å². The molecule has 0 fully saturated rings. The summed E-state index contributed by atoms with van der Waals surface area (Å²) in [5, 5.41) is 7.25. The zero-order valence-electron chi connectivity index (χ0n) is 9.79. The smallest absolute Gasteiger partial charge is 0.124 e. The van der Waals surface area contributed by atoms with E-state index < -0.39 is 0 Å². The van der Waals surface area contributed by atoms with Crippen LogP contribution < -0.4 is 5.32 Å². The van der Waals surface area contributed by atoms with Crippen LogP contribution in [-0.4, -0.2) is 11.2 Å². The van der Waals surface area contributed by atoms with Crippen molar-refractivity contribution in [3.05, 3.63) is 29.7 Å². The molecule has 1 aromatic heterocycles. The van der Waals surface area contributed by atoms with E-state index in [0.29, 0.717) is 6.04 Å². The highest BCUT2D eigenvalue weighted by atomic mass is 16.5. The lowest BCUT2D eigenvalue weighted by Crippen LogP contribution is -2.25. The van der Waals surface area contributed by atoms with Crippen molar-refractivity contribution in [2.24, 2.45) is 0 Å². The Labute approximate surface area is 91.5 Å². The first-order chi connectivity index (χ1) is 7.18. The topological polar surface area (TPSA) is 38.1 Å². The molecule has 0 aliphatic rings. The van der Waals surface area contributed by atoms with Gasteiger partial charge >= 0.3 is 0 Å². The van der Waals surface area contributed by atoms with Gasteiger partial charge in [0.15, 0.2) is 0 Å². The third kappa shape index (κ3) is 5.37. The Kier molecular flexibility index (Phi) is 5.12. The van der Waals surface area contributed by atoms with E-state index in [-0.39, 0.29) is 0 Å². The molecular formula is C12H20N2O. The minimum absolute atomic E-state index is 0.511. The molecule has 1 N–H and O–H groups in total. The predicted molar refractivity (Wildman–Crippen MR) is 61.5 cm³/mol. The number of aromatic nitrogens is 1. The molecule has 0 bridgehead atoms. The molecular weight excluding hydrogens is 188 g/mol. The molecule has 3 heteroatoms. The van der Waals surface area contributed by atoms with Crippen LogP contribution in [0.4, 0.5) is 0 Å². The zero-order valence-corrected chi connectivity index (χ0v) is 9.79. The fourth-order valence-corrected chi connectivity index (χ4v) is 1.33. The van der Waals surface area contributed by atoms with Crippen LogP contribution in [0.3, 0.4) is 0 Å². The van der Waals surface area contributed by atoms with Crippen LogP contribution in [-0.2, 0) is 6.54 Å². The molecule has 0 spiro atoms. The van der Waals surface area contributed by atoms with Crippen LogP contribution in [0, 0.1) is 0 Å². The Bertz CT molecular complexity index is 287. The van der Waals surface area contributed by atoms with Gasteiger partial charge in [-0.05, 0) is 33.6 Å². The summed E-state index contributed by atoms with van der Waals surface area (Å²) in [5.41, 5.74) is 2.35. The standard InChI is InChI=1S/C12H20N2O/c1-10(2)5-4-6-11(3)13-9-12-7-8-15-14-12/h5,7-8,11,13H,4,6,9H2,1-3H3. The molecule has 0 aliphatic carbocycles. The average Bonchev–Trinajstić information content (AvgIpc) is 2.66. The monoisotopic (exact) mass is 208 g/mol. The summed E-state index contributed by atoms with van der Waals surface area (Å²) in [5.74, 6) is 0.